The number of likely N-dealkylation sites (tertiary alicyclic amines) is 1. The van der Waals surface area contributed by atoms with Crippen molar-refractivity contribution in [2.45, 2.75) is 32.7 Å². The van der Waals surface area contributed by atoms with E-state index in [2.05, 4.69) is 17.3 Å². The standard InChI is InChI=1S/C15H22F2N2/c1-10-7-14(17)15(8-13(10)16)18-11(2)12-5-4-6-19(3)9-12/h7-8,11-12,18H,4-6,9H2,1-3H3. The van der Waals surface area contributed by atoms with E-state index in [9.17, 15) is 8.78 Å². The number of piperidine rings is 1. The van der Waals surface area contributed by atoms with Crippen LogP contribution in [0.5, 0.6) is 0 Å². The Morgan fingerprint density at radius 3 is 2.74 bits per heavy atom. The van der Waals surface area contributed by atoms with Crippen LogP contribution in [0.1, 0.15) is 25.3 Å². The summed E-state index contributed by atoms with van der Waals surface area (Å²) in [6, 6.07) is 2.64. The van der Waals surface area contributed by atoms with Crippen LogP contribution in [-0.4, -0.2) is 31.1 Å². The third-order valence-corrected chi connectivity index (χ3v) is 4.00. The van der Waals surface area contributed by atoms with Crippen LogP contribution < -0.4 is 5.32 Å². The van der Waals surface area contributed by atoms with Gasteiger partial charge in [-0.15, -0.1) is 0 Å². The van der Waals surface area contributed by atoms with Crippen molar-refractivity contribution in [2.24, 2.45) is 5.92 Å². The highest BCUT2D eigenvalue weighted by Gasteiger charge is 2.23. The minimum absolute atomic E-state index is 0.138. The second-order valence-electron chi connectivity index (χ2n) is 5.68. The Morgan fingerprint density at radius 2 is 2.05 bits per heavy atom. The summed E-state index contributed by atoms with van der Waals surface area (Å²) >= 11 is 0. The van der Waals surface area contributed by atoms with Crippen LogP contribution in [0, 0.1) is 24.5 Å². The average Bonchev–Trinajstić information content (AvgIpc) is 2.36. The van der Waals surface area contributed by atoms with Crippen LogP contribution in [0.15, 0.2) is 12.1 Å². The van der Waals surface area contributed by atoms with Crippen molar-refractivity contribution >= 4 is 5.69 Å². The summed E-state index contributed by atoms with van der Waals surface area (Å²) in [7, 11) is 2.10. The zero-order valence-corrected chi connectivity index (χ0v) is 11.8. The Morgan fingerprint density at radius 1 is 1.32 bits per heavy atom. The molecule has 19 heavy (non-hydrogen) atoms. The van der Waals surface area contributed by atoms with Crippen LogP contribution in [0.2, 0.25) is 0 Å². The van der Waals surface area contributed by atoms with Gasteiger partial charge in [-0.25, -0.2) is 8.78 Å². The lowest BCUT2D eigenvalue weighted by molar-refractivity contribution is 0.197. The van der Waals surface area contributed by atoms with Gasteiger partial charge in [-0.2, -0.15) is 0 Å². The lowest BCUT2D eigenvalue weighted by Gasteiger charge is -2.34. The smallest absolute Gasteiger partial charge is 0.146 e. The highest BCUT2D eigenvalue weighted by molar-refractivity contribution is 5.47. The van der Waals surface area contributed by atoms with Gasteiger partial charge >= 0.3 is 0 Å². The first-order valence-corrected chi connectivity index (χ1v) is 6.88. The second kappa shape index (κ2) is 5.87. The van der Waals surface area contributed by atoms with E-state index in [-0.39, 0.29) is 23.4 Å². The average molecular weight is 268 g/mol. The van der Waals surface area contributed by atoms with Crippen molar-refractivity contribution < 1.29 is 8.78 Å². The summed E-state index contributed by atoms with van der Waals surface area (Å²) in [5, 5.41) is 3.13. The summed E-state index contributed by atoms with van der Waals surface area (Å²) in [6.45, 7) is 5.74. The number of nitrogens with one attached hydrogen (secondary N) is 1. The molecule has 1 aromatic carbocycles. The number of hydrogen-bond donors (Lipinski definition) is 1. The number of benzene rings is 1. The summed E-state index contributed by atoms with van der Waals surface area (Å²) in [6.07, 6.45) is 2.30. The monoisotopic (exact) mass is 268 g/mol. The maximum absolute atomic E-state index is 13.8. The van der Waals surface area contributed by atoms with Gasteiger partial charge in [0.25, 0.3) is 0 Å². The molecule has 1 saturated heterocycles. The first-order valence-electron chi connectivity index (χ1n) is 6.88. The van der Waals surface area contributed by atoms with Gasteiger partial charge in [0.1, 0.15) is 11.6 Å². The first kappa shape index (κ1) is 14.3. The third-order valence-electron chi connectivity index (χ3n) is 4.00. The number of rotatable bonds is 3. The van der Waals surface area contributed by atoms with Crippen molar-refractivity contribution in [1.29, 1.82) is 0 Å². The molecule has 0 amide bonds. The molecule has 0 saturated carbocycles. The Bertz CT molecular complexity index is 448. The Balaban J connectivity index is 2.06. The van der Waals surface area contributed by atoms with Crippen LogP contribution in [0.4, 0.5) is 14.5 Å². The van der Waals surface area contributed by atoms with E-state index >= 15 is 0 Å². The van der Waals surface area contributed by atoms with Gasteiger partial charge in [0, 0.05) is 18.7 Å². The molecular formula is C15H22F2N2. The molecule has 4 heteroatoms. The fourth-order valence-corrected chi connectivity index (χ4v) is 2.73. The predicted molar refractivity (Wildman–Crippen MR) is 74.4 cm³/mol. The summed E-state index contributed by atoms with van der Waals surface area (Å²) in [4.78, 5) is 2.29. The number of nitrogens with zero attached hydrogens (tertiary/aromatic N) is 1. The highest BCUT2D eigenvalue weighted by atomic mass is 19.1. The van der Waals surface area contributed by atoms with E-state index in [1.807, 2.05) is 6.92 Å². The normalized spacial score (nSPS) is 22.3. The fourth-order valence-electron chi connectivity index (χ4n) is 2.73. The van der Waals surface area contributed by atoms with Crippen LogP contribution in [-0.2, 0) is 0 Å². The molecule has 0 spiro atoms. The van der Waals surface area contributed by atoms with Crippen molar-refractivity contribution in [3.63, 3.8) is 0 Å². The molecule has 1 aliphatic heterocycles. The summed E-state index contributed by atoms with van der Waals surface area (Å²) < 4.78 is 27.3. The fraction of sp³-hybridized carbons (Fsp3) is 0.600. The minimum Gasteiger partial charge on any atom is -0.380 e. The van der Waals surface area contributed by atoms with Gasteiger partial charge in [-0.05, 0) is 57.8 Å². The lowest BCUT2D eigenvalue weighted by atomic mass is 9.91. The molecule has 2 nitrogen and oxygen atoms in total. The number of hydrogen-bond acceptors (Lipinski definition) is 2. The van der Waals surface area contributed by atoms with E-state index < -0.39 is 0 Å². The van der Waals surface area contributed by atoms with Crippen molar-refractivity contribution in [2.75, 3.05) is 25.5 Å². The Labute approximate surface area is 113 Å². The molecule has 1 heterocycles. The molecule has 2 unspecified atom stereocenters. The molecule has 1 fully saturated rings. The van der Waals surface area contributed by atoms with Crippen molar-refractivity contribution in [1.82, 2.24) is 4.90 Å². The van der Waals surface area contributed by atoms with Crippen molar-refractivity contribution in [3.8, 4) is 0 Å². The molecule has 2 rings (SSSR count). The van der Waals surface area contributed by atoms with Gasteiger partial charge in [0.2, 0.25) is 0 Å². The maximum Gasteiger partial charge on any atom is 0.146 e. The Kier molecular flexibility index (Phi) is 4.40. The van der Waals surface area contributed by atoms with E-state index in [1.165, 1.54) is 12.1 Å². The lowest BCUT2D eigenvalue weighted by Crippen LogP contribution is -2.40. The molecular weight excluding hydrogens is 246 g/mol. The SMILES string of the molecule is Cc1cc(F)c(NC(C)C2CCCN(C)C2)cc1F. The molecule has 2 atom stereocenters. The van der Waals surface area contributed by atoms with Crippen LogP contribution >= 0.6 is 0 Å². The summed E-state index contributed by atoms with van der Waals surface area (Å²) in [5.41, 5.74) is 0.608. The zero-order chi connectivity index (χ0) is 14.0. The molecule has 1 N–H and O–H groups in total. The van der Waals surface area contributed by atoms with Gasteiger partial charge in [0.15, 0.2) is 0 Å². The quantitative estimate of drug-likeness (QED) is 0.903. The van der Waals surface area contributed by atoms with Gasteiger partial charge < -0.3 is 10.2 Å². The number of aryl methyl sites for hydroxylation is 1. The molecule has 0 radical (unpaired) electrons. The largest absolute Gasteiger partial charge is 0.380 e. The van der Waals surface area contributed by atoms with E-state index in [4.69, 9.17) is 0 Å². The number of halogens is 2. The van der Waals surface area contributed by atoms with Gasteiger partial charge in [-0.1, -0.05) is 0 Å². The first-order chi connectivity index (χ1) is 8.97. The predicted octanol–water partition coefficient (Wildman–Crippen LogP) is 3.42. The van der Waals surface area contributed by atoms with Crippen LogP contribution in [0.3, 0.4) is 0 Å². The van der Waals surface area contributed by atoms with Crippen LogP contribution in [0.25, 0.3) is 0 Å². The number of anilines is 1. The highest BCUT2D eigenvalue weighted by Crippen LogP contribution is 2.24. The molecule has 0 bridgehead atoms. The Hall–Kier alpha value is -1.16. The maximum atomic E-state index is 13.8. The minimum atomic E-state index is -0.380. The van der Waals surface area contributed by atoms with E-state index in [0.717, 1.165) is 25.9 Å². The summed E-state index contributed by atoms with van der Waals surface area (Å²) in [5.74, 6) is -0.269. The van der Waals surface area contributed by atoms with E-state index in [1.54, 1.807) is 6.92 Å². The van der Waals surface area contributed by atoms with Gasteiger partial charge in [0.05, 0.1) is 5.69 Å². The molecule has 1 aromatic rings. The molecule has 0 aromatic heterocycles. The third kappa shape index (κ3) is 3.44. The second-order valence-corrected chi connectivity index (χ2v) is 5.68. The van der Waals surface area contributed by atoms with Crippen molar-refractivity contribution in [3.05, 3.63) is 29.3 Å². The zero-order valence-electron chi connectivity index (χ0n) is 11.8. The van der Waals surface area contributed by atoms with E-state index in [0.29, 0.717) is 11.5 Å². The molecule has 106 valence electrons. The van der Waals surface area contributed by atoms with Gasteiger partial charge in [-0.3, -0.25) is 0 Å². The topological polar surface area (TPSA) is 15.3 Å². The molecule has 1 aliphatic rings. The molecule has 0 aliphatic carbocycles.